The second kappa shape index (κ2) is 15.3. The number of benzene rings is 3. The van der Waals surface area contributed by atoms with E-state index in [1.807, 2.05) is 9.80 Å². The van der Waals surface area contributed by atoms with Crippen LogP contribution in [0.4, 0.5) is 36.7 Å². The van der Waals surface area contributed by atoms with E-state index in [1.165, 1.54) is 30.3 Å². The van der Waals surface area contributed by atoms with E-state index in [0.29, 0.717) is 49.4 Å². The van der Waals surface area contributed by atoms with Crippen LogP contribution in [0.1, 0.15) is 29.7 Å². The summed E-state index contributed by atoms with van der Waals surface area (Å²) in [5.41, 5.74) is 0.419. The molecular weight excluding hydrogens is 733 g/mol. The number of amides is 1. The van der Waals surface area contributed by atoms with E-state index in [0.717, 1.165) is 40.7 Å². The smallest absolute Gasteiger partial charge is 0.405 e. The molecule has 2 saturated heterocycles. The van der Waals surface area contributed by atoms with Crippen molar-refractivity contribution in [1.29, 1.82) is 0 Å². The fraction of sp³-hybridized carbons (Fsp3) is 0.343. The van der Waals surface area contributed by atoms with Gasteiger partial charge in [-0.1, -0.05) is 30.3 Å². The standard InChI is InChI=1S/C35H33F7N6O4S/c36-26-11-13-28(14-12-26)53(50,51)48-15-3-5-30(48)32(49)43-21-27-20-29(23-7-9-25(10-8-23)34(37,38)39)45-33(44-27)47-18-16-46(17-19-47)22-24-4-1-2-6-31(24)52-35(40,41)42/h1-2,4,6-14,20,30H,3,5,15-19,21-22H2,(H,43,49). The van der Waals surface area contributed by atoms with Gasteiger partial charge in [0.05, 0.1) is 28.4 Å². The summed E-state index contributed by atoms with van der Waals surface area (Å²) < 4.78 is 124. The van der Waals surface area contributed by atoms with Crippen molar-refractivity contribution in [2.24, 2.45) is 0 Å². The number of para-hydroxylation sites is 1. The Kier molecular flexibility index (Phi) is 10.9. The Balaban J connectivity index is 1.19. The van der Waals surface area contributed by atoms with E-state index >= 15 is 0 Å². The molecule has 282 valence electrons. The van der Waals surface area contributed by atoms with Crippen LogP contribution >= 0.6 is 0 Å². The number of piperazine rings is 1. The summed E-state index contributed by atoms with van der Waals surface area (Å²) in [7, 11) is -4.11. The summed E-state index contributed by atoms with van der Waals surface area (Å²) in [6, 6.07) is 15.0. The van der Waals surface area contributed by atoms with Crippen molar-refractivity contribution >= 4 is 21.9 Å². The Morgan fingerprint density at radius 2 is 1.55 bits per heavy atom. The maximum atomic E-state index is 13.5. The van der Waals surface area contributed by atoms with Crippen molar-refractivity contribution in [2.75, 3.05) is 37.6 Å². The van der Waals surface area contributed by atoms with E-state index in [4.69, 9.17) is 0 Å². The van der Waals surface area contributed by atoms with Crippen LogP contribution in [0.25, 0.3) is 11.3 Å². The number of hydrogen-bond acceptors (Lipinski definition) is 8. The number of carbonyl (C=O) groups is 1. The topological polar surface area (TPSA) is 108 Å². The Labute approximate surface area is 300 Å². The van der Waals surface area contributed by atoms with Crippen molar-refractivity contribution < 1.29 is 48.7 Å². The van der Waals surface area contributed by atoms with Crippen LogP contribution in [-0.4, -0.2) is 78.6 Å². The monoisotopic (exact) mass is 766 g/mol. The van der Waals surface area contributed by atoms with Gasteiger partial charge >= 0.3 is 12.5 Å². The predicted octanol–water partition coefficient (Wildman–Crippen LogP) is 5.99. The molecule has 6 rings (SSSR count). The number of halogens is 7. The number of nitrogens with zero attached hydrogens (tertiary/aromatic N) is 5. The molecule has 3 heterocycles. The average Bonchev–Trinajstić information content (AvgIpc) is 3.63. The second-order valence-electron chi connectivity index (χ2n) is 12.5. The highest BCUT2D eigenvalue weighted by Gasteiger charge is 2.39. The molecule has 18 heteroatoms. The normalized spacial score (nSPS) is 17.6. The van der Waals surface area contributed by atoms with Gasteiger partial charge in [-0.2, -0.15) is 17.5 Å². The Morgan fingerprint density at radius 3 is 2.21 bits per heavy atom. The van der Waals surface area contributed by atoms with Gasteiger partial charge < -0.3 is 15.0 Å². The minimum atomic E-state index is -4.85. The van der Waals surface area contributed by atoms with Gasteiger partial charge in [-0.05, 0) is 61.4 Å². The zero-order valence-electron chi connectivity index (χ0n) is 27.9. The molecular formula is C35H33F7N6O4S. The number of anilines is 1. The number of hydrogen-bond donors (Lipinski definition) is 1. The molecule has 0 spiro atoms. The van der Waals surface area contributed by atoms with Gasteiger partial charge in [-0.15, -0.1) is 13.2 Å². The number of ether oxygens (including phenoxy) is 1. The van der Waals surface area contributed by atoms with E-state index in [1.54, 1.807) is 12.1 Å². The Bertz CT molecular complexity index is 2020. The molecule has 2 aliphatic rings. The molecule has 3 aromatic carbocycles. The predicted molar refractivity (Wildman–Crippen MR) is 178 cm³/mol. The maximum absolute atomic E-state index is 13.5. The highest BCUT2D eigenvalue weighted by atomic mass is 32.2. The highest BCUT2D eigenvalue weighted by Crippen LogP contribution is 2.32. The summed E-state index contributed by atoms with van der Waals surface area (Å²) in [6.07, 6.45) is -8.74. The summed E-state index contributed by atoms with van der Waals surface area (Å²) in [5.74, 6) is -1.28. The first kappa shape index (κ1) is 37.9. The molecule has 2 aliphatic heterocycles. The van der Waals surface area contributed by atoms with Crippen LogP contribution in [0.2, 0.25) is 0 Å². The van der Waals surface area contributed by atoms with E-state index in [2.05, 4.69) is 20.0 Å². The van der Waals surface area contributed by atoms with Gasteiger partial charge in [-0.25, -0.2) is 22.8 Å². The maximum Gasteiger partial charge on any atom is 0.573 e. The lowest BCUT2D eigenvalue weighted by Gasteiger charge is -2.35. The van der Waals surface area contributed by atoms with Crippen LogP contribution in [-0.2, 0) is 34.1 Å². The summed E-state index contributed by atoms with van der Waals surface area (Å²) >= 11 is 0. The van der Waals surface area contributed by atoms with Crippen LogP contribution in [0.3, 0.4) is 0 Å². The van der Waals surface area contributed by atoms with Crippen molar-refractivity contribution in [3.8, 4) is 17.0 Å². The first-order valence-corrected chi connectivity index (χ1v) is 17.9. The largest absolute Gasteiger partial charge is 0.573 e. The average molecular weight is 767 g/mol. The Hall–Kier alpha value is -4.81. The molecule has 53 heavy (non-hydrogen) atoms. The molecule has 0 saturated carbocycles. The molecule has 0 bridgehead atoms. The quantitative estimate of drug-likeness (QED) is 0.196. The van der Waals surface area contributed by atoms with Gasteiger partial charge in [0.1, 0.15) is 17.6 Å². The highest BCUT2D eigenvalue weighted by molar-refractivity contribution is 7.89. The lowest BCUT2D eigenvalue weighted by atomic mass is 10.1. The summed E-state index contributed by atoms with van der Waals surface area (Å²) in [4.78, 5) is 26.2. The number of alkyl halides is 6. The fourth-order valence-electron chi connectivity index (χ4n) is 6.23. The number of sulfonamides is 1. The molecule has 4 aromatic rings. The van der Waals surface area contributed by atoms with E-state index in [9.17, 15) is 43.9 Å². The minimum absolute atomic E-state index is 0.0838. The van der Waals surface area contributed by atoms with Crippen molar-refractivity contribution in [1.82, 2.24) is 24.5 Å². The number of nitrogens with one attached hydrogen (secondary N) is 1. The minimum Gasteiger partial charge on any atom is -0.405 e. The lowest BCUT2D eigenvalue weighted by molar-refractivity contribution is -0.275. The first-order valence-electron chi connectivity index (χ1n) is 16.5. The number of aromatic nitrogens is 2. The lowest BCUT2D eigenvalue weighted by Crippen LogP contribution is -2.47. The third kappa shape index (κ3) is 9.23. The van der Waals surface area contributed by atoms with Gasteiger partial charge in [0.25, 0.3) is 0 Å². The molecule has 0 aliphatic carbocycles. The number of rotatable bonds is 10. The molecule has 1 aromatic heterocycles. The molecule has 1 unspecified atom stereocenters. The molecule has 1 amide bonds. The van der Waals surface area contributed by atoms with Crippen LogP contribution < -0.4 is 15.0 Å². The van der Waals surface area contributed by atoms with Crippen LogP contribution in [0.5, 0.6) is 5.75 Å². The van der Waals surface area contributed by atoms with Crippen LogP contribution in [0.15, 0.2) is 83.8 Å². The zero-order chi connectivity index (χ0) is 38.0. The third-order valence-electron chi connectivity index (χ3n) is 8.89. The van der Waals surface area contributed by atoms with Gasteiger partial charge in [-0.3, -0.25) is 9.69 Å². The number of carbonyl (C=O) groups excluding carboxylic acids is 1. The van der Waals surface area contributed by atoms with Crippen molar-refractivity contribution in [3.05, 3.63) is 102 Å². The summed E-state index contributed by atoms with van der Waals surface area (Å²) in [6.45, 7) is 1.60. The van der Waals surface area contributed by atoms with Gasteiger partial charge in [0, 0.05) is 50.4 Å². The first-order chi connectivity index (χ1) is 25.1. The molecule has 10 nitrogen and oxygen atoms in total. The van der Waals surface area contributed by atoms with E-state index < -0.39 is 45.9 Å². The fourth-order valence-corrected chi connectivity index (χ4v) is 7.88. The molecule has 2 fully saturated rings. The summed E-state index contributed by atoms with van der Waals surface area (Å²) in [5, 5.41) is 2.73. The van der Waals surface area contributed by atoms with Gasteiger partial charge in [0.2, 0.25) is 21.9 Å². The van der Waals surface area contributed by atoms with E-state index in [-0.39, 0.29) is 48.3 Å². The zero-order valence-corrected chi connectivity index (χ0v) is 28.7. The SMILES string of the molecule is O=C(NCc1cc(-c2ccc(C(F)(F)F)cc2)nc(N2CCN(Cc3ccccc3OC(F)(F)F)CC2)n1)C1CCCN1S(=O)(=O)c1ccc(F)cc1. The van der Waals surface area contributed by atoms with Crippen molar-refractivity contribution in [3.63, 3.8) is 0 Å². The molecule has 0 radical (unpaired) electrons. The van der Waals surface area contributed by atoms with Crippen molar-refractivity contribution in [2.45, 2.75) is 49.4 Å². The third-order valence-corrected chi connectivity index (χ3v) is 10.8. The molecule has 1 atom stereocenters. The Morgan fingerprint density at radius 1 is 0.868 bits per heavy atom. The second-order valence-corrected chi connectivity index (χ2v) is 14.4. The van der Waals surface area contributed by atoms with Crippen LogP contribution in [0, 0.1) is 5.82 Å². The van der Waals surface area contributed by atoms with Gasteiger partial charge in [0.15, 0.2) is 0 Å². The molecule has 1 N–H and O–H groups in total.